The second kappa shape index (κ2) is 8.22. The Morgan fingerprint density at radius 2 is 2.00 bits per heavy atom. The van der Waals surface area contributed by atoms with Crippen LogP contribution in [0.5, 0.6) is 5.75 Å². The Kier molecular flexibility index (Phi) is 5.46. The second-order valence-electron chi connectivity index (χ2n) is 10.2. The minimum absolute atomic E-state index is 0.137. The molecular formula is C27H32N4O3. The summed E-state index contributed by atoms with van der Waals surface area (Å²) in [5.41, 5.74) is 3.89. The minimum Gasteiger partial charge on any atom is -0.494 e. The zero-order chi connectivity index (χ0) is 24.2. The van der Waals surface area contributed by atoms with Crippen LogP contribution in [0.3, 0.4) is 0 Å². The quantitative estimate of drug-likeness (QED) is 0.476. The maximum Gasteiger partial charge on any atom is 0.259 e. The molecule has 1 unspecified atom stereocenters. The van der Waals surface area contributed by atoms with Crippen molar-refractivity contribution >= 4 is 28.9 Å². The van der Waals surface area contributed by atoms with Crippen molar-refractivity contribution in [3.05, 3.63) is 46.8 Å². The summed E-state index contributed by atoms with van der Waals surface area (Å²) in [6.07, 6.45) is 6.17. The van der Waals surface area contributed by atoms with E-state index in [0.29, 0.717) is 29.4 Å². The number of carbonyl (C=O) groups excluding carboxylic acids is 2. The fourth-order valence-electron chi connectivity index (χ4n) is 5.69. The third-order valence-electron chi connectivity index (χ3n) is 7.21. The number of benzene rings is 1. The molecule has 4 heterocycles. The molecule has 5 rings (SSSR count). The van der Waals surface area contributed by atoms with E-state index in [4.69, 9.17) is 4.74 Å². The van der Waals surface area contributed by atoms with Crippen molar-refractivity contribution in [3.8, 4) is 5.75 Å². The summed E-state index contributed by atoms with van der Waals surface area (Å²) >= 11 is 0. The van der Waals surface area contributed by atoms with Gasteiger partial charge in [0.15, 0.2) is 5.78 Å². The van der Waals surface area contributed by atoms with E-state index in [0.717, 1.165) is 54.9 Å². The number of aryl methyl sites for hydroxylation is 1. The number of ketones is 1. The highest BCUT2D eigenvalue weighted by atomic mass is 16.5. The summed E-state index contributed by atoms with van der Waals surface area (Å²) in [7, 11) is 0. The molecule has 3 aliphatic heterocycles. The first-order valence-electron chi connectivity index (χ1n) is 12.2. The largest absolute Gasteiger partial charge is 0.494 e. The zero-order valence-corrected chi connectivity index (χ0v) is 20.6. The average Bonchev–Trinajstić information content (AvgIpc) is 3.40. The molecule has 1 saturated heterocycles. The number of amides is 1. The standard InChI is InChI=1S/C27H32N4O3/c1-6-34-18-11-19-16(2)14-27(4,5)31-24(19)20(12-18)21(25(31)33)13-23(32)22-15-28-26(29-17(22)3)30-9-7-8-10-30/h11-13,15-16H,6-10,14H2,1-5H3/b21-13+. The predicted octanol–water partition coefficient (Wildman–Crippen LogP) is 4.68. The van der Waals surface area contributed by atoms with Gasteiger partial charge in [0, 0.05) is 30.4 Å². The first-order valence-corrected chi connectivity index (χ1v) is 12.2. The molecule has 7 nitrogen and oxygen atoms in total. The van der Waals surface area contributed by atoms with E-state index in [1.807, 2.05) is 30.9 Å². The van der Waals surface area contributed by atoms with Gasteiger partial charge in [-0.1, -0.05) is 6.92 Å². The SMILES string of the molecule is CCOc1cc2c3c(c1)C(C)CC(C)(C)N3C(=O)/C2=C/C(=O)c1cnc(N2CCCC2)nc1C. The third kappa shape index (κ3) is 3.58. The van der Waals surface area contributed by atoms with Gasteiger partial charge >= 0.3 is 0 Å². The first kappa shape index (κ1) is 22.6. The van der Waals surface area contributed by atoms with Gasteiger partial charge < -0.3 is 14.5 Å². The molecule has 178 valence electrons. The van der Waals surface area contributed by atoms with Crippen molar-refractivity contribution in [1.82, 2.24) is 9.97 Å². The second-order valence-corrected chi connectivity index (χ2v) is 10.2. The van der Waals surface area contributed by atoms with Crippen LogP contribution in [0, 0.1) is 6.92 Å². The van der Waals surface area contributed by atoms with Crippen LogP contribution < -0.4 is 14.5 Å². The van der Waals surface area contributed by atoms with Gasteiger partial charge in [-0.05, 0) is 76.6 Å². The lowest BCUT2D eigenvalue weighted by Crippen LogP contribution is -2.49. The van der Waals surface area contributed by atoms with Crippen LogP contribution in [0.25, 0.3) is 5.57 Å². The molecule has 1 atom stereocenters. The third-order valence-corrected chi connectivity index (χ3v) is 7.21. The minimum atomic E-state index is -0.347. The zero-order valence-electron chi connectivity index (χ0n) is 20.6. The molecular weight excluding hydrogens is 428 g/mol. The molecule has 7 heteroatoms. The lowest BCUT2D eigenvalue weighted by molar-refractivity contribution is -0.114. The van der Waals surface area contributed by atoms with Gasteiger partial charge in [-0.2, -0.15) is 0 Å². The lowest BCUT2D eigenvalue weighted by Gasteiger charge is -2.43. The Bertz CT molecular complexity index is 1210. The summed E-state index contributed by atoms with van der Waals surface area (Å²) in [6, 6.07) is 3.94. The summed E-state index contributed by atoms with van der Waals surface area (Å²) in [5.74, 6) is 1.28. The molecule has 1 fully saturated rings. The Hall–Kier alpha value is -3.22. The number of carbonyl (C=O) groups is 2. The smallest absolute Gasteiger partial charge is 0.259 e. The maximum atomic E-state index is 13.7. The van der Waals surface area contributed by atoms with E-state index in [9.17, 15) is 9.59 Å². The van der Waals surface area contributed by atoms with E-state index < -0.39 is 0 Å². The van der Waals surface area contributed by atoms with Crippen LogP contribution in [-0.2, 0) is 4.79 Å². The van der Waals surface area contributed by atoms with E-state index >= 15 is 0 Å². The lowest BCUT2D eigenvalue weighted by atomic mass is 9.80. The van der Waals surface area contributed by atoms with Gasteiger partial charge in [0.1, 0.15) is 5.75 Å². The van der Waals surface area contributed by atoms with Crippen molar-refractivity contribution in [2.75, 3.05) is 29.5 Å². The molecule has 0 aliphatic carbocycles. The van der Waals surface area contributed by atoms with Gasteiger partial charge in [-0.15, -0.1) is 0 Å². The topological polar surface area (TPSA) is 75.6 Å². The van der Waals surface area contributed by atoms with Crippen LogP contribution in [0.4, 0.5) is 11.6 Å². The molecule has 0 spiro atoms. The monoisotopic (exact) mass is 460 g/mol. The number of aromatic nitrogens is 2. The van der Waals surface area contributed by atoms with Gasteiger partial charge in [0.25, 0.3) is 5.91 Å². The van der Waals surface area contributed by atoms with E-state index in [1.54, 1.807) is 6.20 Å². The number of nitrogens with zero attached hydrogens (tertiary/aromatic N) is 4. The van der Waals surface area contributed by atoms with Crippen LogP contribution in [0.2, 0.25) is 0 Å². The average molecular weight is 461 g/mol. The normalized spacial score (nSPS) is 21.9. The molecule has 1 aromatic heterocycles. The summed E-state index contributed by atoms with van der Waals surface area (Å²) < 4.78 is 5.82. The number of anilines is 2. The van der Waals surface area contributed by atoms with Crippen molar-refractivity contribution in [2.24, 2.45) is 0 Å². The van der Waals surface area contributed by atoms with E-state index in [-0.39, 0.29) is 23.1 Å². The molecule has 3 aliphatic rings. The highest BCUT2D eigenvalue weighted by molar-refractivity contribution is 6.36. The highest BCUT2D eigenvalue weighted by Crippen LogP contribution is 2.53. The van der Waals surface area contributed by atoms with Crippen molar-refractivity contribution in [1.29, 1.82) is 0 Å². The Balaban J connectivity index is 1.57. The Morgan fingerprint density at radius 1 is 1.26 bits per heavy atom. The molecule has 34 heavy (non-hydrogen) atoms. The fourth-order valence-corrected chi connectivity index (χ4v) is 5.69. The number of hydrogen-bond acceptors (Lipinski definition) is 6. The summed E-state index contributed by atoms with van der Waals surface area (Å²) in [5, 5.41) is 0. The molecule has 0 saturated carbocycles. The highest BCUT2D eigenvalue weighted by Gasteiger charge is 2.47. The fraction of sp³-hybridized carbons (Fsp3) is 0.481. The van der Waals surface area contributed by atoms with Gasteiger partial charge in [-0.3, -0.25) is 9.59 Å². The molecule has 0 radical (unpaired) electrons. The predicted molar refractivity (Wildman–Crippen MR) is 133 cm³/mol. The Labute approximate surface area is 200 Å². The van der Waals surface area contributed by atoms with Crippen LogP contribution in [0.1, 0.15) is 80.1 Å². The van der Waals surface area contributed by atoms with Gasteiger partial charge in [0.2, 0.25) is 5.95 Å². The number of rotatable bonds is 5. The number of hydrogen-bond donors (Lipinski definition) is 0. The molecule has 0 N–H and O–H groups in total. The van der Waals surface area contributed by atoms with Gasteiger partial charge in [0.05, 0.1) is 29.1 Å². The van der Waals surface area contributed by atoms with E-state index in [2.05, 4.69) is 35.6 Å². The summed E-state index contributed by atoms with van der Waals surface area (Å²) in [6.45, 7) is 12.5. The Morgan fingerprint density at radius 3 is 2.68 bits per heavy atom. The van der Waals surface area contributed by atoms with E-state index in [1.165, 1.54) is 6.08 Å². The van der Waals surface area contributed by atoms with Gasteiger partial charge in [-0.25, -0.2) is 9.97 Å². The summed E-state index contributed by atoms with van der Waals surface area (Å²) in [4.78, 5) is 40.1. The maximum absolute atomic E-state index is 13.7. The molecule has 1 amide bonds. The molecule has 2 aromatic rings. The first-order chi connectivity index (χ1) is 16.2. The molecule has 0 bridgehead atoms. The van der Waals surface area contributed by atoms with Crippen LogP contribution in [0.15, 0.2) is 24.4 Å². The number of ether oxygens (including phenoxy) is 1. The van der Waals surface area contributed by atoms with Crippen molar-refractivity contribution < 1.29 is 14.3 Å². The van der Waals surface area contributed by atoms with Crippen molar-refractivity contribution in [2.45, 2.75) is 65.3 Å². The van der Waals surface area contributed by atoms with Crippen LogP contribution >= 0.6 is 0 Å². The molecule has 1 aromatic carbocycles. The number of allylic oxidation sites excluding steroid dienone is 1. The van der Waals surface area contributed by atoms with Crippen LogP contribution in [-0.4, -0.2) is 46.9 Å². The van der Waals surface area contributed by atoms with Crippen molar-refractivity contribution in [3.63, 3.8) is 0 Å².